The van der Waals surface area contributed by atoms with Gasteiger partial charge in [0.2, 0.25) is 0 Å². The van der Waals surface area contributed by atoms with Gasteiger partial charge >= 0.3 is 0 Å². The first-order valence-electron chi connectivity index (χ1n) is 4.96. The Balaban J connectivity index is 2.22. The standard InChI is InChI=1S/C13H11NO/c1-9-4-5-11-10(7-9)8-12(14-11)13-3-2-6-15-13/h2-8,14H,1H3. The minimum Gasteiger partial charge on any atom is -0.463 e. The number of aromatic nitrogens is 1. The fourth-order valence-corrected chi connectivity index (χ4v) is 1.82. The van der Waals surface area contributed by atoms with Crippen molar-refractivity contribution in [1.82, 2.24) is 4.98 Å². The number of rotatable bonds is 1. The van der Waals surface area contributed by atoms with Gasteiger partial charge in [-0.2, -0.15) is 0 Å². The monoisotopic (exact) mass is 197 g/mol. The van der Waals surface area contributed by atoms with E-state index < -0.39 is 0 Å². The molecule has 0 bridgehead atoms. The minimum absolute atomic E-state index is 0.879. The van der Waals surface area contributed by atoms with Crippen molar-refractivity contribution in [3.8, 4) is 11.5 Å². The molecular weight excluding hydrogens is 186 g/mol. The van der Waals surface area contributed by atoms with E-state index >= 15 is 0 Å². The van der Waals surface area contributed by atoms with Crippen LogP contribution < -0.4 is 0 Å². The molecule has 1 N–H and O–H groups in total. The maximum absolute atomic E-state index is 5.35. The van der Waals surface area contributed by atoms with Gasteiger partial charge in [0.25, 0.3) is 0 Å². The average molecular weight is 197 g/mol. The van der Waals surface area contributed by atoms with Gasteiger partial charge in [-0.3, -0.25) is 0 Å². The summed E-state index contributed by atoms with van der Waals surface area (Å²) in [6.45, 7) is 2.10. The first kappa shape index (κ1) is 8.36. The number of hydrogen-bond donors (Lipinski definition) is 1. The van der Waals surface area contributed by atoms with Crippen molar-refractivity contribution in [2.75, 3.05) is 0 Å². The van der Waals surface area contributed by atoms with Gasteiger partial charge in [-0.25, -0.2) is 0 Å². The molecule has 0 fully saturated rings. The highest BCUT2D eigenvalue weighted by Crippen LogP contribution is 2.24. The van der Waals surface area contributed by atoms with Crippen LogP contribution in [-0.2, 0) is 0 Å². The molecule has 0 unspecified atom stereocenters. The zero-order chi connectivity index (χ0) is 10.3. The molecule has 2 heteroatoms. The molecule has 2 heterocycles. The van der Waals surface area contributed by atoms with Crippen molar-refractivity contribution >= 4 is 10.9 Å². The van der Waals surface area contributed by atoms with E-state index in [1.165, 1.54) is 10.9 Å². The van der Waals surface area contributed by atoms with Gasteiger partial charge in [0.05, 0.1) is 12.0 Å². The number of furan rings is 1. The predicted molar refractivity (Wildman–Crippen MR) is 60.7 cm³/mol. The third-order valence-corrected chi connectivity index (χ3v) is 2.56. The van der Waals surface area contributed by atoms with Gasteiger partial charge in [0.1, 0.15) is 5.76 Å². The van der Waals surface area contributed by atoms with Crippen molar-refractivity contribution in [3.63, 3.8) is 0 Å². The molecular formula is C13H11NO. The van der Waals surface area contributed by atoms with Crippen LogP contribution in [0.4, 0.5) is 0 Å². The fraction of sp³-hybridized carbons (Fsp3) is 0.0769. The van der Waals surface area contributed by atoms with Gasteiger partial charge in [-0.05, 0) is 37.3 Å². The van der Waals surface area contributed by atoms with Crippen LogP contribution in [0.1, 0.15) is 5.56 Å². The van der Waals surface area contributed by atoms with Gasteiger partial charge in [0.15, 0.2) is 0 Å². The Morgan fingerprint density at radius 1 is 1.13 bits per heavy atom. The Hall–Kier alpha value is -1.96. The molecule has 2 aromatic heterocycles. The molecule has 0 aliphatic carbocycles. The van der Waals surface area contributed by atoms with E-state index in [2.05, 4.69) is 36.2 Å². The largest absolute Gasteiger partial charge is 0.463 e. The fourth-order valence-electron chi connectivity index (χ4n) is 1.82. The quantitative estimate of drug-likeness (QED) is 0.632. The van der Waals surface area contributed by atoms with Crippen molar-refractivity contribution in [1.29, 1.82) is 0 Å². The highest BCUT2D eigenvalue weighted by molar-refractivity contribution is 5.85. The number of benzene rings is 1. The van der Waals surface area contributed by atoms with Gasteiger partial charge in [0, 0.05) is 10.9 Å². The van der Waals surface area contributed by atoms with E-state index in [1.807, 2.05) is 12.1 Å². The van der Waals surface area contributed by atoms with Crippen molar-refractivity contribution in [3.05, 3.63) is 48.2 Å². The highest BCUT2D eigenvalue weighted by Gasteiger charge is 2.04. The summed E-state index contributed by atoms with van der Waals surface area (Å²) in [4.78, 5) is 3.33. The lowest BCUT2D eigenvalue weighted by atomic mass is 10.2. The first-order valence-corrected chi connectivity index (χ1v) is 4.96. The second-order valence-corrected chi connectivity index (χ2v) is 3.75. The third kappa shape index (κ3) is 1.34. The molecule has 0 atom stereocenters. The minimum atomic E-state index is 0.879. The first-order chi connectivity index (χ1) is 7.33. The van der Waals surface area contributed by atoms with Crippen molar-refractivity contribution in [2.24, 2.45) is 0 Å². The van der Waals surface area contributed by atoms with E-state index in [-0.39, 0.29) is 0 Å². The number of H-pyrrole nitrogens is 1. The number of nitrogens with one attached hydrogen (secondary N) is 1. The summed E-state index contributed by atoms with van der Waals surface area (Å²) >= 11 is 0. The van der Waals surface area contributed by atoms with Crippen LogP contribution in [0.3, 0.4) is 0 Å². The van der Waals surface area contributed by atoms with E-state index in [0.717, 1.165) is 17.0 Å². The third-order valence-electron chi connectivity index (χ3n) is 2.56. The van der Waals surface area contributed by atoms with Crippen molar-refractivity contribution < 1.29 is 4.42 Å². The van der Waals surface area contributed by atoms with Crippen LogP contribution in [-0.4, -0.2) is 4.98 Å². The topological polar surface area (TPSA) is 28.9 Å². The lowest BCUT2D eigenvalue weighted by Gasteiger charge is -1.90. The van der Waals surface area contributed by atoms with Crippen molar-refractivity contribution in [2.45, 2.75) is 6.92 Å². The number of fused-ring (bicyclic) bond motifs is 1. The second kappa shape index (κ2) is 3.02. The van der Waals surface area contributed by atoms with Gasteiger partial charge < -0.3 is 9.40 Å². The molecule has 0 saturated heterocycles. The Labute approximate surface area is 87.5 Å². The molecule has 0 radical (unpaired) electrons. The van der Waals surface area contributed by atoms with E-state index in [0.29, 0.717) is 0 Å². The lowest BCUT2D eigenvalue weighted by molar-refractivity contribution is 0.580. The molecule has 15 heavy (non-hydrogen) atoms. The Kier molecular flexibility index (Phi) is 1.68. The van der Waals surface area contributed by atoms with Crippen LogP contribution in [0.5, 0.6) is 0 Å². The zero-order valence-corrected chi connectivity index (χ0v) is 8.45. The van der Waals surface area contributed by atoms with E-state index in [9.17, 15) is 0 Å². The smallest absolute Gasteiger partial charge is 0.150 e. The van der Waals surface area contributed by atoms with Gasteiger partial charge in [-0.1, -0.05) is 11.6 Å². The van der Waals surface area contributed by atoms with E-state index in [4.69, 9.17) is 4.42 Å². The summed E-state index contributed by atoms with van der Waals surface area (Å²) < 4.78 is 5.35. The molecule has 0 aliphatic rings. The maximum atomic E-state index is 5.35. The Morgan fingerprint density at radius 2 is 2.07 bits per heavy atom. The highest BCUT2D eigenvalue weighted by atomic mass is 16.3. The van der Waals surface area contributed by atoms with Crippen LogP contribution >= 0.6 is 0 Å². The summed E-state index contributed by atoms with van der Waals surface area (Å²) in [5.74, 6) is 0.879. The average Bonchev–Trinajstić information content (AvgIpc) is 2.84. The molecule has 3 aromatic rings. The normalized spacial score (nSPS) is 11.0. The number of hydrogen-bond acceptors (Lipinski definition) is 1. The molecule has 0 aliphatic heterocycles. The second-order valence-electron chi connectivity index (χ2n) is 3.75. The summed E-state index contributed by atoms with van der Waals surface area (Å²) in [7, 11) is 0. The Morgan fingerprint density at radius 3 is 2.87 bits per heavy atom. The van der Waals surface area contributed by atoms with Crippen LogP contribution in [0, 0.1) is 6.92 Å². The molecule has 0 amide bonds. The van der Waals surface area contributed by atoms with Crippen LogP contribution in [0.25, 0.3) is 22.4 Å². The summed E-state index contributed by atoms with van der Waals surface area (Å²) in [6.07, 6.45) is 1.69. The molecule has 3 rings (SSSR count). The zero-order valence-electron chi connectivity index (χ0n) is 8.45. The SMILES string of the molecule is Cc1ccc2[nH]c(-c3ccco3)cc2c1. The number of aryl methyl sites for hydroxylation is 1. The predicted octanol–water partition coefficient (Wildman–Crippen LogP) is 3.74. The summed E-state index contributed by atoms with van der Waals surface area (Å²) in [5.41, 5.74) is 3.44. The molecule has 1 aromatic carbocycles. The molecule has 74 valence electrons. The molecule has 2 nitrogen and oxygen atoms in total. The lowest BCUT2D eigenvalue weighted by Crippen LogP contribution is -1.71. The van der Waals surface area contributed by atoms with Crippen LogP contribution in [0.2, 0.25) is 0 Å². The molecule has 0 saturated carbocycles. The Bertz CT molecular complexity index is 590. The molecule has 0 spiro atoms. The van der Waals surface area contributed by atoms with E-state index in [1.54, 1.807) is 6.26 Å². The number of aromatic amines is 1. The van der Waals surface area contributed by atoms with Gasteiger partial charge in [-0.15, -0.1) is 0 Å². The maximum Gasteiger partial charge on any atom is 0.150 e. The van der Waals surface area contributed by atoms with Crippen LogP contribution in [0.15, 0.2) is 47.1 Å². The summed E-state index contributed by atoms with van der Waals surface area (Å²) in [6, 6.07) is 12.3. The summed E-state index contributed by atoms with van der Waals surface area (Å²) in [5, 5.41) is 1.22.